The number of anilines is 2. The number of carbonyl (C=O) groups is 2. The first-order valence-electron chi connectivity index (χ1n) is 8.23. The van der Waals surface area contributed by atoms with E-state index in [-0.39, 0.29) is 11.9 Å². The topological polar surface area (TPSA) is 61.4 Å². The number of urea groups is 1. The molecule has 1 heterocycles. The maximum absolute atomic E-state index is 12.5. The molecular formula is C19H20ClN3O2. The Balaban J connectivity index is 1.64. The van der Waals surface area contributed by atoms with Gasteiger partial charge in [0.1, 0.15) is 6.04 Å². The largest absolute Gasteiger partial charge is 0.324 e. The van der Waals surface area contributed by atoms with Crippen LogP contribution in [0.2, 0.25) is 5.02 Å². The molecular weight excluding hydrogens is 338 g/mol. The van der Waals surface area contributed by atoms with Crippen molar-refractivity contribution in [1.29, 1.82) is 0 Å². The van der Waals surface area contributed by atoms with Crippen LogP contribution in [0.4, 0.5) is 16.2 Å². The number of nitrogens with zero attached hydrogens (tertiary/aromatic N) is 1. The van der Waals surface area contributed by atoms with Crippen molar-refractivity contribution in [2.45, 2.75) is 25.8 Å². The van der Waals surface area contributed by atoms with E-state index in [1.54, 1.807) is 29.2 Å². The van der Waals surface area contributed by atoms with E-state index in [0.717, 1.165) is 17.7 Å². The highest BCUT2D eigenvalue weighted by Gasteiger charge is 2.34. The summed E-state index contributed by atoms with van der Waals surface area (Å²) in [5.74, 6) is -0.182. The molecule has 0 aromatic heterocycles. The fourth-order valence-corrected chi connectivity index (χ4v) is 3.00. The van der Waals surface area contributed by atoms with E-state index in [4.69, 9.17) is 11.6 Å². The first-order valence-corrected chi connectivity index (χ1v) is 8.61. The molecule has 25 heavy (non-hydrogen) atoms. The van der Waals surface area contributed by atoms with Gasteiger partial charge in [-0.05, 0) is 56.2 Å². The highest BCUT2D eigenvalue weighted by molar-refractivity contribution is 6.30. The maximum atomic E-state index is 12.5. The molecule has 1 atom stereocenters. The number of rotatable bonds is 3. The van der Waals surface area contributed by atoms with Crippen molar-refractivity contribution in [1.82, 2.24) is 4.90 Å². The lowest BCUT2D eigenvalue weighted by Crippen LogP contribution is -2.45. The van der Waals surface area contributed by atoms with E-state index in [1.807, 2.05) is 31.2 Å². The summed E-state index contributed by atoms with van der Waals surface area (Å²) in [5, 5.41) is 6.31. The molecule has 2 aromatic carbocycles. The Morgan fingerprint density at radius 1 is 1.00 bits per heavy atom. The van der Waals surface area contributed by atoms with E-state index in [0.29, 0.717) is 23.7 Å². The molecule has 1 fully saturated rings. The summed E-state index contributed by atoms with van der Waals surface area (Å²) in [5.41, 5.74) is 2.51. The highest BCUT2D eigenvalue weighted by atomic mass is 35.5. The fourth-order valence-electron chi connectivity index (χ4n) is 2.87. The molecule has 5 nitrogen and oxygen atoms in total. The summed E-state index contributed by atoms with van der Waals surface area (Å²) < 4.78 is 0. The maximum Gasteiger partial charge on any atom is 0.322 e. The summed E-state index contributed by atoms with van der Waals surface area (Å²) in [6.07, 6.45) is 1.46. The van der Waals surface area contributed by atoms with Gasteiger partial charge in [0, 0.05) is 22.9 Å². The molecule has 130 valence electrons. The van der Waals surface area contributed by atoms with Crippen LogP contribution in [0, 0.1) is 6.92 Å². The van der Waals surface area contributed by atoms with Crippen LogP contribution in [0.15, 0.2) is 48.5 Å². The number of benzene rings is 2. The van der Waals surface area contributed by atoms with Crippen molar-refractivity contribution in [2.24, 2.45) is 0 Å². The van der Waals surface area contributed by atoms with Crippen molar-refractivity contribution in [3.05, 3.63) is 59.1 Å². The van der Waals surface area contributed by atoms with Crippen LogP contribution in [0.5, 0.6) is 0 Å². The summed E-state index contributed by atoms with van der Waals surface area (Å²) in [4.78, 5) is 26.7. The molecule has 0 saturated carbocycles. The molecule has 1 aliphatic heterocycles. The van der Waals surface area contributed by atoms with E-state index >= 15 is 0 Å². The monoisotopic (exact) mass is 357 g/mol. The quantitative estimate of drug-likeness (QED) is 0.861. The third-order valence-corrected chi connectivity index (χ3v) is 4.48. The molecule has 2 N–H and O–H groups in total. The third kappa shape index (κ3) is 4.31. The Morgan fingerprint density at radius 3 is 2.28 bits per heavy atom. The van der Waals surface area contributed by atoms with E-state index in [9.17, 15) is 9.59 Å². The van der Waals surface area contributed by atoms with E-state index in [1.165, 1.54) is 0 Å². The number of halogens is 1. The number of aryl methyl sites for hydroxylation is 1. The zero-order chi connectivity index (χ0) is 17.8. The van der Waals surface area contributed by atoms with Crippen LogP contribution in [-0.4, -0.2) is 29.4 Å². The predicted molar refractivity (Wildman–Crippen MR) is 100 cm³/mol. The van der Waals surface area contributed by atoms with Gasteiger partial charge in [0.15, 0.2) is 0 Å². The number of carbonyl (C=O) groups excluding carboxylic acids is 2. The number of hydrogen-bond donors (Lipinski definition) is 2. The second kappa shape index (κ2) is 7.57. The molecule has 0 bridgehead atoms. The molecule has 6 heteroatoms. The predicted octanol–water partition coefficient (Wildman–Crippen LogP) is 4.28. The lowest BCUT2D eigenvalue weighted by atomic mass is 10.2. The Bertz CT molecular complexity index is 694. The van der Waals surface area contributed by atoms with Gasteiger partial charge in [-0.25, -0.2) is 4.79 Å². The zero-order valence-corrected chi connectivity index (χ0v) is 14.7. The lowest BCUT2D eigenvalue weighted by Gasteiger charge is -2.24. The first kappa shape index (κ1) is 17.3. The minimum Gasteiger partial charge on any atom is -0.324 e. The van der Waals surface area contributed by atoms with Gasteiger partial charge in [0.05, 0.1) is 0 Å². The third-order valence-electron chi connectivity index (χ3n) is 4.23. The average molecular weight is 358 g/mol. The Labute approximate surface area is 152 Å². The van der Waals surface area contributed by atoms with Crippen LogP contribution in [0.1, 0.15) is 18.4 Å². The number of hydrogen-bond acceptors (Lipinski definition) is 2. The summed E-state index contributed by atoms with van der Waals surface area (Å²) in [7, 11) is 0. The smallest absolute Gasteiger partial charge is 0.322 e. The van der Waals surface area contributed by atoms with Crippen molar-refractivity contribution >= 4 is 34.9 Å². The van der Waals surface area contributed by atoms with Gasteiger partial charge in [-0.1, -0.05) is 29.3 Å². The zero-order valence-electron chi connectivity index (χ0n) is 14.0. The van der Waals surface area contributed by atoms with Crippen molar-refractivity contribution in [3.8, 4) is 0 Å². The normalized spacial score (nSPS) is 16.6. The van der Waals surface area contributed by atoms with Crippen LogP contribution in [0.3, 0.4) is 0 Å². The fraction of sp³-hybridized carbons (Fsp3) is 0.263. The number of likely N-dealkylation sites (tertiary alicyclic amines) is 1. The van der Waals surface area contributed by atoms with Crippen molar-refractivity contribution in [2.75, 3.05) is 17.2 Å². The van der Waals surface area contributed by atoms with Gasteiger partial charge in [-0.15, -0.1) is 0 Å². The minimum atomic E-state index is -0.471. The number of nitrogens with one attached hydrogen (secondary N) is 2. The Kier molecular flexibility index (Phi) is 5.24. The molecule has 2 aromatic rings. The van der Waals surface area contributed by atoms with Gasteiger partial charge < -0.3 is 15.5 Å². The average Bonchev–Trinajstić information content (AvgIpc) is 3.09. The SMILES string of the molecule is Cc1ccc(NC(=O)N2CCC[C@@H]2C(=O)Nc2ccc(Cl)cc2)cc1. The van der Waals surface area contributed by atoms with Gasteiger partial charge in [0.2, 0.25) is 5.91 Å². The van der Waals surface area contributed by atoms with E-state index in [2.05, 4.69) is 10.6 Å². The van der Waals surface area contributed by atoms with Gasteiger partial charge in [0.25, 0.3) is 0 Å². The molecule has 1 aliphatic rings. The van der Waals surface area contributed by atoms with Gasteiger partial charge in [-0.3, -0.25) is 4.79 Å². The minimum absolute atomic E-state index is 0.182. The molecule has 3 amide bonds. The summed E-state index contributed by atoms with van der Waals surface area (Å²) in [6, 6.07) is 13.8. The first-order chi connectivity index (χ1) is 12.0. The van der Waals surface area contributed by atoms with Crippen LogP contribution < -0.4 is 10.6 Å². The van der Waals surface area contributed by atoms with E-state index < -0.39 is 6.04 Å². The molecule has 0 radical (unpaired) electrons. The lowest BCUT2D eigenvalue weighted by molar-refractivity contribution is -0.119. The van der Waals surface area contributed by atoms with Gasteiger partial charge >= 0.3 is 6.03 Å². The summed E-state index contributed by atoms with van der Waals surface area (Å²) in [6.45, 7) is 2.56. The van der Waals surface area contributed by atoms with Gasteiger partial charge in [-0.2, -0.15) is 0 Å². The Hall–Kier alpha value is -2.53. The Morgan fingerprint density at radius 2 is 1.60 bits per heavy atom. The van der Waals surface area contributed by atoms with Crippen LogP contribution in [0.25, 0.3) is 0 Å². The second-order valence-corrected chi connectivity index (χ2v) is 6.58. The van der Waals surface area contributed by atoms with Crippen LogP contribution >= 0.6 is 11.6 Å². The standard InChI is InChI=1S/C19H20ClN3O2/c1-13-4-8-16(9-5-13)22-19(25)23-12-2-3-17(23)18(24)21-15-10-6-14(20)7-11-15/h4-11,17H,2-3,12H2,1H3,(H,21,24)(H,22,25)/t17-/m1/s1. The molecule has 1 saturated heterocycles. The van der Waals surface area contributed by atoms with Crippen LogP contribution in [-0.2, 0) is 4.79 Å². The second-order valence-electron chi connectivity index (χ2n) is 6.14. The van der Waals surface area contributed by atoms with Crippen molar-refractivity contribution in [3.63, 3.8) is 0 Å². The highest BCUT2D eigenvalue weighted by Crippen LogP contribution is 2.21. The molecule has 0 unspecified atom stereocenters. The molecule has 0 aliphatic carbocycles. The van der Waals surface area contributed by atoms with Crippen molar-refractivity contribution < 1.29 is 9.59 Å². The number of amides is 3. The molecule has 3 rings (SSSR count). The summed E-state index contributed by atoms with van der Waals surface area (Å²) >= 11 is 5.85. The molecule has 0 spiro atoms.